The lowest BCUT2D eigenvalue weighted by atomic mass is 9.79. The Hall–Kier alpha value is -2.43. The molecule has 1 aliphatic rings. The molecule has 0 aromatic heterocycles. The highest BCUT2D eigenvalue weighted by Gasteiger charge is 2.47. The summed E-state index contributed by atoms with van der Waals surface area (Å²) in [4.78, 5) is 26.4. The van der Waals surface area contributed by atoms with Crippen LogP contribution < -0.4 is 0 Å². The van der Waals surface area contributed by atoms with E-state index in [1.165, 1.54) is 12.1 Å². The number of esters is 1. The Morgan fingerprint density at radius 2 is 2.00 bits per heavy atom. The van der Waals surface area contributed by atoms with Crippen molar-refractivity contribution in [3.05, 3.63) is 53.9 Å². The molecule has 4 nitrogen and oxygen atoms in total. The van der Waals surface area contributed by atoms with Crippen LogP contribution in [0.3, 0.4) is 0 Å². The molecule has 0 bridgehead atoms. The molecule has 1 unspecified atom stereocenters. The maximum Gasteiger partial charge on any atom is 0.305 e. The summed E-state index contributed by atoms with van der Waals surface area (Å²) < 4.78 is 18.2. The molecule has 134 valence electrons. The first-order valence-electron chi connectivity index (χ1n) is 8.41. The van der Waals surface area contributed by atoms with Crippen LogP contribution in [-0.2, 0) is 14.3 Å². The minimum atomic E-state index is -0.792. The first-order valence-corrected chi connectivity index (χ1v) is 8.41. The third-order valence-corrected chi connectivity index (χ3v) is 4.73. The highest BCUT2D eigenvalue weighted by molar-refractivity contribution is 6.00. The molecule has 0 fully saturated rings. The molecule has 1 heterocycles. The molecule has 1 atom stereocenters. The van der Waals surface area contributed by atoms with E-state index in [-0.39, 0.29) is 24.1 Å². The number of benzene rings is 1. The Morgan fingerprint density at radius 1 is 1.36 bits per heavy atom. The standard InChI is InChI=1S/C20H24FNO3/c1-5-13-22-18(15-7-9-16(21)10-8-15)14(3)20(4,19(22)24)12-11-17(23)25-6-2/h5,7-10H,1,6,11-13H2,2-4H3. The summed E-state index contributed by atoms with van der Waals surface area (Å²) in [6.07, 6.45) is 2.20. The van der Waals surface area contributed by atoms with E-state index in [4.69, 9.17) is 4.74 Å². The van der Waals surface area contributed by atoms with Gasteiger partial charge in [0, 0.05) is 13.0 Å². The van der Waals surface area contributed by atoms with Gasteiger partial charge in [-0.05, 0) is 62.6 Å². The predicted octanol–water partition coefficient (Wildman–Crippen LogP) is 3.93. The van der Waals surface area contributed by atoms with Gasteiger partial charge in [-0.1, -0.05) is 6.08 Å². The van der Waals surface area contributed by atoms with Gasteiger partial charge in [0.2, 0.25) is 5.91 Å². The molecular formula is C20H24FNO3. The molecule has 1 amide bonds. The van der Waals surface area contributed by atoms with Crippen molar-refractivity contribution in [2.45, 2.75) is 33.6 Å². The fraction of sp³-hybridized carbons (Fsp3) is 0.400. The minimum Gasteiger partial charge on any atom is -0.466 e. The smallest absolute Gasteiger partial charge is 0.305 e. The Kier molecular flexibility index (Phi) is 5.77. The van der Waals surface area contributed by atoms with E-state index in [2.05, 4.69) is 6.58 Å². The molecule has 5 heteroatoms. The largest absolute Gasteiger partial charge is 0.466 e. The summed E-state index contributed by atoms with van der Waals surface area (Å²) in [7, 11) is 0. The van der Waals surface area contributed by atoms with E-state index in [0.717, 1.165) is 16.8 Å². The molecule has 0 saturated heterocycles. The number of nitrogens with zero attached hydrogens (tertiary/aromatic N) is 1. The summed E-state index contributed by atoms with van der Waals surface area (Å²) in [6.45, 7) is 9.89. The van der Waals surface area contributed by atoms with E-state index < -0.39 is 5.41 Å². The van der Waals surface area contributed by atoms with Gasteiger partial charge in [0.25, 0.3) is 0 Å². The number of hydrogen-bond acceptors (Lipinski definition) is 3. The second-order valence-electron chi connectivity index (χ2n) is 6.32. The molecule has 0 spiro atoms. The second kappa shape index (κ2) is 7.64. The summed E-state index contributed by atoms with van der Waals surface area (Å²) >= 11 is 0. The van der Waals surface area contributed by atoms with Crippen molar-refractivity contribution in [3.8, 4) is 0 Å². The maximum absolute atomic E-state index is 13.3. The fourth-order valence-electron chi connectivity index (χ4n) is 3.19. The van der Waals surface area contributed by atoms with Gasteiger partial charge in [0.1, 0.15) is 5.82 Å². The number of carbonyl (C=O) groups excluding carboxylic acids is 2. The zero-order valence-corrected chi connectivity index (χ0v) is 15.0. The maximum atomic E-state index is 13.3. The van der Waals surface area contributed by atoms with Gasteiger partial charge in [-0.2, -0.15) is 0 Å². The Balaban J connectivity index is 2.40. The Morgan fingerprint density at radius 3 is 2.56 bits per heavy atom. The molecule has 0 saturated carbocycles. The summed E-state index contributed by atoms with van der Waals surface area (Å²) in [5.41, 5.74) is 1.61. The van der Waals surface area contributed by atoms with Crippen LogP contribution in [0.5, 0.6) is 0 Å². The van der Waals surface area contributed by atoms with E-state index >= 15 is 0 Å². The lowest BCUT2D eigenvalue weighted by Gasteiger charge is -2.25. The number of amides is 1. The van der Waals surface area contributed by atoms with Crippen molar-refractivity contribution in [1.29, 1.82) is 0 Å². The van der Waals surface area contributed by atoms with Crippen molar-refractivity contribution in [2.24, 2.45) is 5.41 Å². The topological polar surface area (TPSA) is 46.6 Å². The molecule has 1 aromatic carbocycles. The zero-order valence-electron chi connectivity index (χ0n) is 15.0. The third-order valence-electron chi connectivity index (χ3n) is 4.73. The van der Waals surface area contributed by atoms with Gasteiger partial charge in [-0.25, -0.2) is 4.39 Å². The quantitative estimate of drug-likeness (QED) is 0.555. The van der Waals surface area contributed by atoms with E-state index in [0.29, 0.717) is 19.6 Å². The van der Waals surface area contributed by atoms with Gasteiger partial charge < -0.3 is 9.64 Å². The summed E-state index contributed by atoms with van der Waals surface area (Å²) in [6, 6.07) is 6.07. The van der Waals surface area contributed by atoms with Crippen molar-refractivity contribution < 1.29 is 18.7 Å². The van der Waals surface area contributed by atoms with Crippen molar-refractivity contribution >= 4 is 17.6 Å². The molecule has 2 rings (SSSR count). The van der Waals surface area contributed by atoms with Crippen molar-refractivity contribution in [2.75, 3.05) is 13.2 Å². The molecule has 0 radical (unpaired) electrons. The number of hydrogen-bond donors (Lipinski definition) is 0. The van der Waals surface area contributed by atoms with Crippen LogP contribution in [-0.4, -0.2) is 29.9 Å². The number of halogens is 1. The van der Waals surface area contributed by atoms with Crippen LogP contribution in [0.2, 0.25) is 0 Å². The molecule has 25 heavy (non-hydrogen) atoms. The monoisotopic (exact) mass is 345 g/mol. The molecule has 0 N–H and O–H groups in total. The molecular weight excluding hydrogens is 321 g/mol. The Bertz CT molecular complexity index is 708. The van der Waals surface area contributed by atoms with Crippen LogP contribution in [0.15, 0.2) is 42.5 Å². The molecule has 1 aliphatic heterocycles. The third kappa shape index (κ3) is 3.65. The van der Waals surface area contributed by atoms with E-state index in [9.17, 15) is 14.0 Å². The van der Waals surface area contributed by atoms with Crippen molar-refractivity contribution in [1.82, 2.24) is 4.90 Å². The van der Waals surface area contributed by atoms with E-state index in [1.54, 1.807) is 30.0 Å². The van der Waals surface area contributed by atoms with Crippen molar-refractivity contribution in [3.63, 3.8) is 0 Å². The average molecular weight is 345 g/mol. The fourth-order valence-corrected chi connectivity index (χ4v) is 3.19. The SMILES string of the molecule is C=CCN1C(=O)C(C)(CCC(=O)OCC)C(C)=C1c1ccc(F)cc1. The lowest BCUT2D eigenvalue weighted by molar-refractivity contribution is -0.144. The van der Waals surface area contributed by atoms with Crippen LogP contribution >= 0.6 is 0 Å². The Labute approximate surface area is 148 Å². The summed E-state index contributed by atoms with van der Waals surface area (Å²) in [5, 5.41) is 0. The molecule has 0 aliphatic carbocycles. The zero-order chi connectivity index (χ0) is 18.6. The number of ether oxygens (including phenoxy) is 1. The van der Waals surface area contributed by atoms with E-state index in [1.807, 2.05) is 13.8 Å². The lowest BCUT2D eigenvalue weighted by Crippen LogP contribution is -2.35. The number of rotatable bonds is 7. The van der Waals surface area contributed by atoms with Gasteiger partial charge in [0.05, 0.1) is 17.7 Å². The first-order chi connectivity index (χ1) is 11.8. The van der Waals surface area contributed by atoms with Gasteiger partial charge in [-0.15, -0.1) is 6.58 Å². The highest BCUT2D eigenvalue weighted by atomic mass is 19.1. The van der Waals surface area contributed by atoms with Gasteiger partial charge in [0.15, 0.2) is 0 Å². The predicted molar refractivity (Wildman–Crippen MR) is 94.9 cm³/mol. The van der Waals surface area contributed by atoms with Crippen LogP contribution in [0.4, 0.5) is 4.39 Å². The highest BCUT2D eigenvalue weighted by Crippen LogP contribution is 2.46. The second-order valence-corrected chi connectivity index (χ2v) is 6.32. The first kappa shape index (κ1) is 18.9. The normalized spacial score (nSPS) is 20.2. The number of carbonyl (C=O) groups is 2. The average Bonchev–Trinajstić information content (AvgIpc) is 2.77. The van der Waals surface area contributed by atoms with Crippen LogP contribution in [0.1, 0.15) is 39.2 Å². The van der Waals surface area contributed by atoms with Crippen LogP contribution in [0.25, 0.3) is 5.70 Å². The minimum absolute atomic E-state index is 0.0754. The van der Waals surface area contributed by atoms with Gasteiger partial charge in [-0.3, -0.25) is 9.59 Å². The van der Waals surface area contributed by atoms with Gasteiger partial charge >= 0.3 is 5.97 Å². The summed E-state index contributed by atoms with van der Waals surface area (Å²) in [5.74, 6) is -0.713. The van der Waals surface area contributed by atoms with Crippen LogP contribution in [0, 0.1) is 11.2 Å². The molecule has 1 aromatic rings.